The lowest BCUT2D eigenvalue weighted by Gasteiger charge is -2.46. The number of halogens is 1. The minimum Gasteiger partial charge on any atom is -0.489 e. The Balaban J connectivity index is 1.52. The molecule has 0 amide bonds. The summed E-state index contributed by atoms with van der Waals surface area (Å²) in [4.78, 5) is 0. The number of nitrogens with one attached hydrogen (secondary N) is 1. The third-order valence-corrected chi connectivity index (χ3v) is 6.99. The quantitative estimate of drug-likeness (QED) is 0.668. The van der Waals surface area contributed by atoms with Gasteiger partial charge in [0.25, 0.3) is 0 Å². The van der Waals surface area contributed by atoms with E-state index in [-0.39, 0.29) is 17.6 Å². The number of nitrogens with two attached hydrogens (primary N) is 1. The summed E-state index contributed by atoms with van der Waals surface area (Å²) in [5, 5.41) is 3.92. The molecule has 1 aliphatic heterocycles. The number of fused-ring (bicyclic) bond motifs is 1. The zero-order valence-corrected chi connectivity index (χ0v) is 18.1. The minimum absolute atomic E-state index is 0.0172. The van der Waals surface area contributed by atoms with Crippen molar-refractivity contribution >= 4 is 17.7 Å². The van der Waals surface area contributed by atoms with Gasteiger partial charge in [0.1, 0.15) is 5.75 Å². The fraction of sp³-hybridized carbons (Fsp3) is 0.440. The van der Waals surface area contributed by atoms with Crippen molar-refractivity contribution in [3.63, 3.8) is 0 Å². The summed E-state index contributed by atoms with van der Waals surface area (Å²) in [6.07, 6.45) is 8.27. The van der Waals surface area contributed by atoms with Gasteiger partial charge < -0.3 is 15.8 Å². The van der Waals surface area contributed by atoms with Crippen molar-refractivity contribution in [2.24, 2.45) is 11.7 Å². The maximum atomic E-state index is 6.78. The number of benzene rings is 2. The van der Waals surface area contributed by atoms with Crippen molar-refractivity contribution in [2.75, 3.05) is 0 Å². The number of rotatable bonds is 5. The molecule has 0 bridgehead atoms. The Morgan fingerprint density at radius 3 is 2.55 bits per heavy atom. The van der Waals surface area contributed by atoms with Crippen LogP contribution in [0.3, 0.4) is 0 Å². The van der Waals surface area contributed by atoms with E-state index in [9.17, 15) is 0 Å². The summed E-state index contributed by atoms with van der Waals surface area (Å²) >= 11 is 6.53. The topological polar surface area (TPSA) is 47.3 Å². The van der Waals surface area contributed by atoms with Crippen LogP contribution < -0.4 is 15.8 Å². The second-order valence-corrected chi connectivity index (χ2v) is 9.21. The SMILES string of the molecule is CC(C)[C@@H](N)C1(c2ccccc2)CCC(Oc2cc3c(cc2Cl)CNC=C3)CC1. The molecule has 3 nitrogen and oxygen atoms in total. The third-order valence-electron chi connectivity index (χ3n) is 6.69. The van der Waals surface area contributed by atoms with Gasteiger partial charge in [-0.1, -0.05) is 55.8 Å². The summed E-state index contributed by atoms with van der Waals surface area (Å²) in [5.74, 6) is 1.23. The first-order valence-corrected chi connectivity index (χ1v) is 11.1. The van der Waals surface area contributed by atoms with Crippen LogP contribution in [0.15, 0.2) is 48.7 Å². The molecule has 1 heterocycles. The van der Waals surface area contributed by atoms with Gasteiger partial charge in [-0.3, -0.25) is 0 Å². The van der Waals surface area contributed by atoms with Gasteiger partial charge in [-0.15, -0.1) is 0 Å². The van der Waals surface area contributed by atoms with Crippen molar-refractivity contribution < 1.29 is 4.74 Å². The molecule has 4 rings (SSSR count). The normalized spacial score (nSPS) is 24.7. The molecule has 1 fully saturated rings. The van der Waals surface area contributed by atoms with Gasteiger partial charge in [0.2, 0.25) is 0 Å². The Bertz CT molecular complexity index is 870. The van der Waals surface area contributed by atoms with Crippen molar-refractivity contribution in [3.8, 4) is 5.75 Å². The monoisotopic (exact) mass is 410 g/mol. The molecule has 0 spiro atoms. The van der Waals surface area contributed by atoms with E-state index >= 15 is 0 Å². The van der Waals surface area contributed by atoms with Crippen LogP contribution in [0, 0.1) is 5.92 Å². The second kappa shape index (κ2) is 8.41. The van der Waals surface area contributed by atoms with Crippen LogP contribution in [-0.4, -0.2) is 12.1 Å². The van der Waals surface area contributed by atoms with Crippen molar-refractivity contribution in [1.29, 1.82) is 0 Å². The molecule has 4 heteroatoms. The van der Waals surface area contributed by atoms with E-state index in [4.69, 9.17) is 22.1 Å². The van der Waals surface area contributed by atoms with Crippen LogP contribution in [0.2, 0.25) is 5.02 Å². The van der Waals surface area contributed by atoms with Crippen LogP contribution in [0.4, 0.5) is 0 Å². The lowest BCUT2D eigenvalue weighted by atomic mass is 9.62. The Labute approximate surface area is 179 Å². The van der Waals surface area contributed by atoms with E-state index < -0.39 is 0 Å². The molecule has 154 valence electrons. The molecule has 1 atom stereocenters. The molecule has 0 unspecified atom stereocenters. The molecule has 0 saturated heterocycles. The highest BCUT2D eigenvalue weighted by Crippen LogP contribution is 2.45. The molecule has 0 radical (unpaired) electrons. The largest absolute Gasteiger partial charge is 0.489 e. The van der Waals surface area contributed by atoms with Gasteiger partial charge in [0, 0.05) is 18.0 Å². The van der Waals surface area contributed by atoms with Crippen molar-refractivity contribution in [1.82, 2.24) is 5.32 Å². The summed E-state index contributed by atoms with van der Waals surface area (Å²) in [6, 6.07) is 15.0. The Hall–Kier alpha value is -1.97. The Morgan fingerprint density at radius 1 is 1.14 bits per heavy atom. The smallest absolute Gasteiger partial charge is 0.138 e. The summed E-state index contributed by atoms with van der Waals surface area (Å²) in [7, 11) is 0. The standard InChI is InChI=1S/C25H31ClN2O/c1-17(2)24(27)25(20-6-4-3-5-7-20)11-8-21(9-12-25)29-23-15-18-10-13-28-16-19(18)14-22(23)26/h3-7,10,13-15,17,21,24,28H,8-9,11-12,16,27H2,1-2H3/t21?,24-,25?/m1/s1. The number of ether oxygens (including phenoxy) is 1. The van der Waals surface area contributed by atoms with Gasteiger partial charge in [0.05, 0.1) is 11.1 Å². The maximum Gasteiger partial charge on any atom is 0.138 e. The zero-order valence-electron chi connectivity index (χ0n) is 17.3. The molecular formula is C25H31ClN2O. The first-order valence-electron chi connectivity index (χ1n) is 10.7. The Morgan fingerprint density at radius 2 is 1.86 bits per heavy atom. The average Bonchev–Trinajstić information content (AvgIpc) is 2.75. The molecule has 2 aromatic rings. The molecule has 3 N–H and O–H groups in total. The van der Waals surface area contributed by atoms with Crippen LogP contribution >= 0.6 is 11.6 Å². The van der Waals surface area contributed by atoms with Gasteiger partial charge >= 0.3 is 0 Å². The van der Waals surface area contributed by atoms with E-state index in [1.807, 2.05) is 12.3 Å². The van der Waals surface area contributed by atoms with Crippen molar-refractivity contribution in [3.05, 3.63) is 70.4 Å². The summed E-state index contributed by atoms with van der Waals surface area (Å²) in [6.45, 7) is 5.27. The van der Waals surface area contributed by atoms with Gasteiger partial charge in [-0.25, -0.2) is 0 Å². The molecule has 1 aliphatic carbocycles. The van der Waals surface area contributed by atoms with E-state index in [1.165, 1.54) is 16.7 Å². The van der Waals surface area contributed by atoms with Crippen LogP contribution in [-0.2, 0) is 12.0 Å². The second-order valence-electron chi connectivity index (χ2n) is 8.80. The van der Waals surface area contributed by atoms with E-state index in [0.717, 1.165) is 38.0 Å². The highest BCUT2D eigenvalue weighted by atomic mass is 35.5. The lowest BCUT2D eigenvalue weighted by Crippen LogP contribution is -2.51. The van der Waals surface area contributed by atoms with E-state index in [0.29, 0.717) is 10.9 Å². The first-order chi connectivity index (χ1) is 14.0. The highest BCUT2D eigenvalue weighted by Gasteiger charge is 2.43. The van der Waals surface area contributed by atoms with Crippen molar-refractivity contribution in [2.45, 2.75) is 63.6 Å². The van der Waals surface area contributed by atoms with E-state index in [2.05, 4.69) is 61.6 Å². The molecule has 0 aromatic heterocycles. The zero-order chi connectivity index (χ0) is 20.4. The predicted octanol–water partition coefficient (Wildman–Crippen LogP) is 5.66. The van der Waals surface area contributed by atoms with E-state index in [1.54, 1.807) is 0 Å². The highest BCUT2D eigenvalue weighted by molar-refractivity contribution is 6.32. The minimum atomic E-state index is 0.0172. The summed E-state index contributed by atoms with van der Waals surface area (Å²) in [5.41, 5.74) is 10.6. The number of hydrogen-bond donors (Lipinski definition) is 2. The third kappa shape index (κ3) is 4.04. The fourth-order valence-electron chi connectivity index (χ4n) is 4.95. The van der Waals surface area contributed by atoms with Crippen LogP contribution in [0.1, 0.15) is 56.2 Å². The van der Waals surface area contributed by atoms with Gasteiger partial charge in [-0.05, 0) is 72.7 Å². The molecule has 2 aromatic carbocycles. The molecule has 29 heavy (non-hydrogen) atoms. The molecule has 2 aliphatic rings. The summed E-state index contributed by atoms with van der Waals surface area (Å²) < 4.78 is 6.39. The lowest BCUT2D eigenvalue weighted by molar-refractivity contribution is 0.0957. The fourth-order valence-corrected chi connectivity index (χ4v) is 5.18. The molecule has 1 saturated carbocycles. The number of hydrogen-bond acceptors (Lipinski definition) is 3. The predicted molar refractivity (Wildman–Crippen MR) is 121 cm³/mol. The van der Waals surface area contributed by atoms with Crippen LogP contribution in [0.5, 0.6) is 5.75 Å². The van der Waals surface area contributed by atoms with Gasteiger partial charge in [-0.2, -0.15) is 0 Å². The van der Waals surface area contributed by atoms with Gasteiger partial charge in [0.15, 0.2) is 0 Å². The first kappa shape index (κ1) is 20.3. The maximum absolute atomic E-state index is 6.78. The average molecular weight is 411 g/mol. The molecular weight excluding hydrogens is 380 g/mol. The Kier molecular flexibility index (Phi) is 5.89. The van der Waals surface area contributed by atoms with Crippen LogP contribution in [0.25, 0.3) is 6.08 Å².